The number of aliphatic hydroxyl groups is 4. The molecule has 2 aliphatic heterocycles. The van der Waals surface area contributed by atoms with Gasteiger partial charge in [-0.15, -0.1) is 0 Å². The molecule has 2 aliphatic rings. The van der Waals surface area contributed by atoms with Crippen molar-refractivity contribution in [1.29, 1.82) is 0 Å². The van der Waals surface area contributed by atoms with Crippen molar-refractivity contribution >= 4 is 11.6 Å². The summed E-state index contributed by atoms with van der Waals surface area (Å²) in [6, 6.07) is 21.0. The van der Waals surface area contributed by atoms with Crippen molar-refractivity contribution < 1.29 is 34.6 Å². The average Bonchev–Trinajstić information content (AvgIpc) is 3.32. The zero-order chi connectivity index (χ0) is 25.2. The van der Waals surface area contributed by atoms with Gasteiger partial charge in [-0.2, -0.15) is 0 Å². The molecule has 0 radical (unpaired) electrons. The van der Waals surface area contributed by atoms with E-state index < -0.39 is 37.1 Å². The van der Waals surface area contributed by atoms with E-state index in [1.807, 2.05) is 48.5 Å². The molecule has 2 heterocycles. The minimum absolute atomic E-state index is 0.00829. The third kappa shape index (κ3) is 5.22. The number of para-hydroxylation sites is 1. The van der Waals surface area contributed by atoms with Crippen molar-refractivity contribution in [3.63, 3.8) is 0 Å². The summed E-state index contributed by atoms with van der Waals surface area (Å²) >= 11 is 6.45. The van der Waals surface area contributed by atoms with Crippen molar-refractivity contribution in [3.8, 4) is 11.5 Å². The summed E-state index contributed by atoms with van der Waals surface area (Å²) in [5.41, 5.74) is 3.63. The van der Waals surface area contributed by atoms with Gasteiger partial charge in [0.25, 0.3) is 0 Å². The Bertz CT molecular complexity index is 1160. The molecule has 0 amide bonds. The Balaban J connectivity index is 1.22. The molecule has 7 nitrogen and oxygen atoms in total. The van der Waals surface area contributed by atoms with E-state index in [0.29, 0.717) is 23.6 Å². The number of hydrogen-bond acceptors (Lipinski definition) is 7. The van der Waals surface area contributed by atoms with Gasteiger partial charge in [-0.3, -0.25) is 0 Å². The molecular formula is C28H29ClO7. The van der Waals surface area contributed by atoms with Crippen LogP contribution in [0.5, 0.6) is 11.5 Å². The standard InChI is InChI=1S/C28H29ClO7/c29-22-10-7-18(28-27(33)26(32)25(31)24(14-30)36-28)12-19(22)11-16-5-8-20(9-6-16)34-15-21-13-17-3-1-2-4-23(17)35-21/h1-10,12,21,24-28,30-33H,11,13-15H2/t21?,24-,25?,26+,27-,28+/m1/s1. The minimum atomic E-state index is -1.43. The number of benzene rings is 3. The first-order valence-corrected chi connectivity index (χ1v) is 12.4. The zero-order valence-corrected chi connectivity index (χ0v) is 20.3. The molecule has 0 bridgehead atoms. The van der Waals surface area contributed by atoms with E-state index in [9.17, 15) is 20.4 Å². The predicted molar refractivity (Wildman–Crippen MR) is 133 cm³/mol. The molecule has 1 saturated heterocycles. The number of hydrogen-bond donors (Lipinski definition) is 4. The molecular weight excluding hydrogens is 484 g/mol. The van der Waals surface area contributed by atoms with Crippen LogP contribution in [-0.4, -0.2) is 64.2 Å². The van der Waals surface area contributed by atoms with Gasteiger partial charge in [0.2, 0.25) is 0 Å². The van der Waals surface area contributed by atoms with Crippen LogP contribution in [0.1, 0.15) is 28.4 Å². The summed E-state index contributed by atoms with van der Waals surface area (Å²) in [4.78, 5) is 0. The number of halogens is 1. The molecule has 36 heavy (non-hydrogen) atoms. The number of rotatable bonds is 7. The fraction of sp³-hybridized carbons (Fsp3) is 0.357. The van der Waals surface area contributed by atoms with E-state index in [0.717, 1.165) is 29.0 Å². The van der Waals surface area contributed by atoms with Crippen LogP contribution >= 0.6 is 11.6 Å². The van der Waals surface area contributed by atoms with Crippen LogP contribution in [0.3, 0.4) is 0 Å². The van der Waals surface area contributed by atoms with E-state index in [4.69, 9.17) is 25.8 Å². The van der Waals surface area contributed by atoms with Gasteiger partial charge in [-0.05, 0) is 52.9 Å². The second-order valence-electron chi connectivity index (χ2n) is 9.28. The van der Waals surface area contributed by atoms with Gasteiger partial charge in [0.05, 0.1) is 6.61 Å². The SMILES string of the molecule is OC[C@H]1O[C@@H](c2ccc(Cl)c(Cc3ccc(OCC4Cc5ccccc5O4)cc3)c2)[C@H](O)[C@@H](O)C1O. The normalized spacial score (nSPS) is 27.4. The Hall–Kier alpha value is -2.65. The second-order valence-corrected chi connectivity index (χ2v) is 9.69. The summed E-state index contributed by atoms with van der Waals surface area (Å²) in [5, 5.41) is 40.7. The van der Waals surface area contributed by atoms with Crippen LogP contribution in [-0.2, 0) is 17.6 Å². The molecule has 0 saturated carbocycles. The molecule has 0 aliphatic carbocycles. The van der Waals surface area contributed by atoms with Gasteiger partial charge >= 0.3 is 0 Å². The van der Waals surface area contributed by atoms with Crippen molar-refractivity contribution in [2.24, 2.45) is 0 Å². The Morgan fingerprint density at radius 3 is 2.44 bits per heavy atom. The summed E-state index contributed by atoms with van der Waals surface area (Å²) in [6.07, 6.45) is -4.69. The molecule has 2 unspecified atom stereocenters. The predicted octanol–water partition coefficient (Wildman–Crippen LogP) is 2.83. The monoisotopic (exact) mass is 512 g/mol. The van der Waals surface area contributed by atoms with Crippen molar-refractivity contribution in [1.82, 2.24) is 0 Å². The Morgan fingerprint density at radius 2 is 1.69 bits per heavy atom. The van der Waals surface area contributed by atoms with Gasteiger partial charge in [0.15, 0.2) is 0 Å². The van der Waals surface area contributed by atoms with E-state index >= 15 is 0 Å². The van der Waals surface area contributed by atoms with Gasteiger partial charge in [0, 0.05) is 11.4 Å². The molecule has 4 N–H and O–H groups in total. The van der Waals surface area contributed by atoms with Crippen molar-refractivity contribution in [2.75, 3.05) is 13.2 Å². The van der Waals surface area contributed by atoms with Crippen LogP contribution in [0.2, 0.25) is 5.02 Å². The zero-order valence-electron chi connectivity index (χ0n) is 19.5. The largest absolute Gasteiger partial charge is 0.490 e. The fourth-order valence-corrected chi connectivity index (χ4v) is 4.93. The number of fused-ring (bicyclic) bond motifs is 1. The third-order valence-electron chi connectivity index (χ3n) is 6.76. The van der Waals surface area contributed by atoms with Gasteiger partial charge in [-0.25, -0.2) is 0 Å². The Kier molecular flexibility index (Phi) is 7.48. The first-order chi connectivity index (χ1) is 17.4. The van der Waals surface area contributed by atoms with Crippen LogP contribution in [0.25, 0.3) is 0 Å². The van der Waals surface area contributed by atoms with E-state index in [1.54, 1.807) is 12.1 Å². The molecule has 3 aromatic rings. The summed E-state index contributed by atoms with van der Waals surface area (Å²) in [6.45, 7) is -0.0167. The maximum absolute atomic E-state index is 10.5. The van der Waals surface area contributed by atoms with Crippen molar-refractivity contribution in [3.05, 3.63) is 94.0 Å². The minimum Gasteiger partial charge on any atom is -0.490 e. The highest BCUT2D eigenvalue weighted by Crippen LogP contribution is 2.34. The molecule has 5 rings (SSSR count). The Labute approximate surface area is 214 Å². The highest BCUT2D eigenvalue weighted by atomic mass is 35.5. The summed E-state index contributed by atoms with van der Waals surface area (Å²) < 4.78 is 17.6. The van der Waals surface area contributed by atoms with Crippen LogP contribution in [0.4, 0.5) is 0 Å². The van der Waals surface area contributed by atoms with E-state index in [1.165, 1.54) is 5.56 Å². The van der Waals surface area contributed by atoms with Gasteiger partial charge in [0.1, 0.15) is 54.7 Å². The first-order valence-electron chi connectivity index (χ1n) is 12.0. The van der Waals surface area contributed by atoms with E-state index in [-0.39, 0.29) is 6.10 Å². The maximum Gasteiger partial charge on any atom is 0.137 e. The topological polar surface area (TPSA) is 109 Å². The average molecular weight is 513 g/mol. The third-order valence-corrected chi connectivity index (χ3v) is 7.13. The molecule has 1 fully saturated rings. The smallest absolute Gasteiger partial charge is 0.137 e. The van der Waals surface area contributed by atoms with Crippen molar-refractivity contribution in [2.45, 2.75) is 49.5 Å². The maximum atomic E-state index is 10.5. The lowest BCUT2D eigenvalue weighted by Crippen LogP contribution is -2.55. The highest BCUT2D eigenvalue weighted by Gasteiger charge is 2.44. The summed E-state index contributed by atoms with van der Waals surface area (Å²) in [7, 11) is 0. The van der Waals surface area contributed by atoms with Crippen LogP contribution < -0.4 is 9.47 Å². The van der Waals surface area contributed by atoms with Crippen LogP contribution in [0, 0.1) is 0 Å². The fourth-order valence-electron chi connectivity index (χ4n) is 4.74. The lowest BCUT2D eigenvalue weighted by Gasteiger charge is -2.40. The van der Waals surface area contributed by atoms with E-state index in [2.05, 4.69) is 6.07 Å². The first kappa shape index (κ1) is 25.0. The lowest BCUT2D eigenvalue weighted by molar-refractivity contribution is -0.231. The van der Waals surface area contributed by atoms with Gasteiger partial charge < -0.3 is 34.6 Å². The molecule has 190 valence electrons. The molecule has 6 atom stereocenters. The van der Waals surface area contributed by atoms with Gasteiger partial charge in [-0.1, -0.05) is 54.1 Å². The highest BCUT2D eigenvalue weighted by molar-refractivity contribution is 6.31. The number of aliphatic hydroxyl groups excluding tert-OH is 4. The quantitative estimate of drug-likeness (QED) is 0.385. The van der Waals surface area contributed by atoms with Crippen LogP contribution in [0.15, 0.2) is 66.7 Å². The second kappa shape index (κ2) is 10.8. The molecule has 3 aromatic carbocycles. The number of ether oxygens (including phenoxy) is 3. The molecule has 8 heteroatoms. The molecule has 0 aromatic heterocycles. The Morgan fingerprint density at radius 1 is 0.917 bits per heavy atom. The summed E-state index contributed by atoms with van der Waals surface area (Å²) in [5.74, 6) is 1.67. The molecule has 0 spiro atoms. The lowest BCUT2D eigenvalue weighted by atomic mass is 9.90.